The fourth-order valence-corrected chi connectivity index (χ4v) is 2.86. The van der Waals surface area contributed by atoms with Crippen molar-refractivity contribution in [1.29, 1.82) is 0 Å². The highest BCUT2D eigenvalue weighted by Crippen LogP contribution is 2.29. The van der Waals surface area contributed by atoms with E-state index >= 15 is 0 Å². The Bertz CT molecular complexity index is 894. The number of aliphatic hydroxyl groups is 1. The summed E-state index contributed by atoms with van der Waals surface area (Å²) in [6.07, 6.45) is 0. The van der Waals surface area contributed by atoms with Crippen LogP contribution in [0.15, 0.2) is 90.0 Å². The summed E-state index contributed by atoms with van der Waals surface area (Å²) in [5.74, 6) is -0.605. The van der Waals surface area contributed by atoms with Crippen molar-refractivity contribution in [3.05, 3.63) is 107 Å². The number of carbonyl (C=O) groups is 1. The van der Waals surface area contributed by atoms with Gasteiger partial charge in [0.05, 0.1) is 5.71 Å². The highest BCUT2D eigenvalue weighted by molar-refractivity contribution is 6.00. The first-order valence-corrected chi connectivity index (χ1v) is 8.77. The van der Waals surface area contributed by atoms with Gasteiger partial charge in [0.15, 0.2) is 5.60 Å². The van der Waals surface area contributed by atoms with E-state index in [-0.39, 0.29) is 0 Å². The predicted molar refractivity (Wildman–Crippen MR) is 107 cm³/mol. The zero-order valence-electron chi connectivity index (χ0n) is 15.4. The minimum Gasteiger partial charge on any atom is -0.372 e. The molecular formula is C23H22N2O2. The molecule has 4 nitrogen and oxygen atoms in total. The zero-order chi connectivity index (χ0) is 19.3. The molecule has 4 heteroatoms. The third kappa shape index (κ3) is 3.96. The second-order valence-electron chi connectivity index (χ2n) is 6.45. The molecule has 3 aromatic carbocycles. The van der Waals surface area contributed by atoms with Crippen molar-refractivity contribution >= 4 is 11.6 Å². The standard InChI is InChI=1S/C23H22N2O2/c1-17-13-15-19(16-14-17)18(2)24-25-22(26)23(27,20-9-5-3-6-10-20)21-11-7-4-8-12-21/h3-16,27H,1-2H3,(H,25,26)/b24-18+. The summed E-state index contributed by atoms with van der Waals surface area (Å²) in [4.78, 5) is 13.0. The Labute approximate surface area is 159 Å². The van der Waals surface area contributed by atoms with Gasteiger partial charge in [0.1, 0.15) is 0 Å². The van der Waals surface area contributed by atoms with Gasteiger partial charge in [0.2, 0.25) is 0 Å². The highest BCUT2D eigenvalue weighted by atomic mass is 16.3. The number of rotatable bonds is 5. The molecule has 0 bridgehead atoms. The first kappa shape index (κ1) is 18.5. The monoisotopic (exact) mass is 358 g/mol. The Morgan fingerprint density at radius 1 is 0.852 bits per heavy atom. The molecule has 0 aliphatic heterocycles. The Kier molecular flexibility index (Phi) is 5.48. The molecule has 1 amide bonds. The van der Waals surface area contributed by atoms with Crippen molar-refractivity contribution in [3.8, 4) is 0 Å². The summed E-state index contributed by atoms with van der Waals surface area (Å²) >= 11 is 0. The van der Waals surface area contributed by atoms with Gasteiger partial charge in [-0.2, -0.15) is 5.10 Å². The maximum Gasteiger partial charge on any atom is 0.281 e. The van der Waals surface area contributed by atoms with Crippen molar-refractivity contribution in [2.24, 2.45) is 5.10 Å². The number of nitrogens with one attached hydrogen (secondary N) is 1. The Balaban J connectivity index is 1.92. The summed E-state index contributed by atoms with van der Waals surface area (Å²) in [7, 11) is 0. The van der Waals surface area contributed by atoms with E-state index in [1.54, 1.807) is 48.5 Å². The largest absolute Gasteiger partial charge is 0.372 e. The van der Waals surface area contributed by atoms with Crippen LogP contribution in [0, 0.1) is 6.92 Å². The molecule has 0 unspecified atom stereocenters. The molecule has 3 aromatic rings. The van der Waals surface area contributed by atoms with Gasteiger partial charge in [-0.05, 0) is 30.5 Å². The number of hydrogen-bond donors (Lipinski definition) is 2. The first-order chi connectivity index (χ1) is 13.0. The molecule has 0 aliphatic rings. The zero-order valence-corrected chi connectivity index (χ0v) is 15.4. The summed E-state index contributed by atoms with van der Waals surface area (Å²) < 4.78 is 0. The predicted octanol–water partition coefficient (Wildman–Crippen LogP) is 3.77. The third-order valence-electron chi connectivity index (χ3n) is 4.51. The van der Waals surface area contributed by atoms with E-state index in [4.69, 9.17) is 0 Å². The van der Waals surface area contributed by atoms with Crippen molar-refractivity contribution in [1.82, 2.24) is 5.43 Å². The van der Waals surface area contributed by atoms with Crippen LogP contribution in [0.3, 0.4) is 0 Å². The maximum absolute atomic E-state index is 13.0. The lowest BCUT2D eigenvalue weighted by molar-refractivity contribution is -0.136. The lowest BCUT2D eigenvalue weighted by Crippen LogP contribution is -2.43. The number of amides is 1. The molecule has 136 valence electrons. The van der Waals surface area contributed by atoms with E-state index in [0.29, 0.717) is 16.8 Å². The number of benzene rings is 3. The van der Waals surface area contributed by atoms with Crippen LogP contribution in [0.25, 0.3) is 0 Å². The van der Waals surface area contributed by atoms with E-state index in [0.717, 1.165) is 11.1 Å². The van der Waals surface area contributed by atoms with Gasteiger partial charge >= 0.3 is 0 Å². The van der Waals surface area contributed by atoms with Gasteiger partial charge in [-0.15, -0.1) is 0 Å². The van der Waals surface area contributed by atoms with E-state index in [1.807, 2.05) is 50.2 Å². The van der Waals surface area contributed by atoms with Crippen LogP contribution < -0.4 is 5.43 Å². The number of carbonyl (C=O) groups excluding carboxylic acids is 1. The van der Waals surface area contributed by atoms with Crippen LogP contribution in [0.2, 0.25) is 0 Å². The van der Waals surface area contributed by atoms with E-state index in [2.05, 4.69) is 10.5 Å². The molecule has 0 radical (unpaired) electrons. The minimum absolute atomic E-state index is 0.483. The van der Waals surface area contributed by atoms with Crippen LogP contribution in [-0.4, -0.2) is 16.7 Å². The molecule has 0 aliphatic carbocycles. The highest BCUT2D eigenvalue weighted by Gasteiger charge is 2.39. The normalized spacial score (nSPS) is 11.9. The molecular weight excluding hydrogens is 336 g/mol. The molecule has 0 saturated carbocycles. The second kappa shape index (κ2) is 7.98. The van der Waals surface area contributed by atoms with E-state index < -0.39 is 11.5 Å². The molecule has 0 atom stereocenters. The van der Waals surface area contributed by atoms with Crippen molar-refractivity contribution in [2.75, 3.05) is 0 Å². The summed E-state index contributed by atoms with van der Waals surface area (Å²) in [6.45, 7) is 3.83. The topological polar surface area (TPSA) is 61.7 Å². The van der Waals surface area contributed by atoms with Crippen molar-refractivity contribution in [2.45, 2.75) is 19.4 Å². The maximum atomic E-state index is 13.0. The fraction of sp³-hybridized carbons (Fsp3) is 0.130. The lowest BCUT2D eigenvalue weighted by atomic mass is 9.85. The summed E-state index contributed by atoms with van der Waals surface area (Å²) in [6, 6.07) is 25.6. The van der Waals surface area contributed by atoms with E-state index in [9.17, 15) is 9.90 Å². The van der Waals surface area contributed by atoms with Crippen LogP contribution >= 0.6 is 0 Å². The SMILES string of the molecule is C/C(=N\NC(=O)C(O)(c1ccccc1)c1ccccc1)c1ccc(C)cc1. The quantitative estimate of drug-likeness (QED) is 0.539. The fourth-order valence-electron chi connectivity index (χ4n) is 2.86. The van der Waals surface area contributed by atoms with Crippen LogP contribution in [0.5, 0.6) is 0 Å². The smallest absolute Gasteiger partial charge is 0.281 e. The molecule has 0 aromatic heterocycles. The second-order valence-corrected chi connectivity index (χ2v) is 6.45. The molecule has 0 heterocycles. The molecule has 27 heavy (non-hydrogen) atoms. The van der Waals surface area contributed by atoms with Gasteiger partial charge in [-0.25, -0.2) is 5.43 Å². The third-order valence-corrected chi connectivity index (χ3v) is 4.51. The molecule has 3 rings (SSSR count). The Morgan fingerprint density at radius 2 is 1.33 bits per heavy atom. The van der Waals surface area contributed by atoms with Crippen LogP contribution in [-0.2, 0) is 10.4 Å². The Morgan fingerprint density at radius 3 is 1.81 bits per heavy atom. The molecule has 0 spiro atoms. The molecule has 0 fully saturated rings. The summed E-state index contributed by atoms with van der Waals surface area (Å²) in [5.41, 5.74) is 4.38. The molecule has 0 saturated heterocycles. The number of aryl methyl sites for hydroxylation is 1. The van der Waals surface area contributed by atoms with Crippen molar-refractivity contribution in [3.63, 3.8) is 0 Å². The van der Waals surface area contributed by atoms with Crippen LogP contribution in [0.1, 0.15) is 29.2 Å². The van der Waals surface area contributed by atoms with Gasteiger partial charge in [-0.3, -0.25) is 4.79 Å². The van der Waals surface area contributed by atoms with Gasteiger partial charge < -0.3 is 5.11 Å². The van der Waals surface area contributed by atoms with E-state index in [1.165, 1.54) is 0 Å². The number of hydrazone groups is 1. The van der Waals surface area contributed by atoms with Gasteiger partial charge in [-0.1, -0.05) is 90.5 Å². The molecule has 2 N–H and O–H groups in total. The number of hydrogen-bond acceptors (Lipinski definition) is 3. The summed E-state index contributed by atoms with van der Waals surface area (Å²) in [5, 5.41) is 15.6. The average Bonchev–Trinajstić information content (AvgIpc) is 2.73. The van der Waals surface area contributed by atoms with Crippen molar-refractivity contribution < 1.29 is 9.90 Å². The number of nitrogens with zero attached hydrogens (tertiary/aromatic N) is 1. The Hall–Kier alpha value is -3.24. The van der Waals surface area contributed by atoms with Gasteiger partial charge in [0.25, 0.3) is 5.91 Å². The van der Waals surface area contributed by atoms with Crippen LogP contribution in [0.4, 0.5) is 0 Å². The minimum atomic E-state index is -1.83. The first-order valence-electron chi connectivity index (χ1n) is 8.77. The average molecular weight is 358 g/mol. The lowest BCUT2D eigenvalue weighted by Gasteiger charge is -2.27. The van der Waals surface area contributed by atoms with Gasteiger partial charge in [0, 0.05) is 0 Å².